The number of carbonyl (C=O) groups is 1. The van der Waals surface area contributed by atoms with E-state index in [4.69, 9.17) is 0 Å². The highest BCUT2D eigenvalue weighted by Gasteiger charge is 2.30. The van der Waals surface area contributed by atoms with Crippen molar-refractivity contribution in [1.29, 1.82) is 0 Å². The molecule has 0 aromatic heterocycles. The summed E-state index contributed by atoms with van der Waals surface area (Å²) < 4.78 is 38.5. The maximum atomic E-state index is 12.8. The van der Waals surface area contributed by atoms with E-state index in [9.17, 15) is 18.0 Å². The Balaban J connectivity index is 1.87. The fraction of sp³-hybridized carbons (Fsp3) is 0.278. The second kappa shape index (κ2) is 6.55. The van der Waals surface area contributed by atoms with Crippen LogP contribution in [0.15, 0.2) is 48.5 Å². The van der Waals surface area contributed by atoms with Crippen LogP contribution >= 0.6 is 0 Å². The van der Waals surface area contributed by atoms with Crippen molar-refractivity contribution in [1.82, 2.24) is 4.90 Å². The summed E-state index contributed by atoms with van der Waals surface area (Å²) in [4.78, 5) is 14.4. The number of hydrogen-bond acceptors (Lipinski definition) is 2. The van der Waals surface area contributed by atoms with Crippen molar-refractivity contribution in [2.75, 3.05) is 18.4 Å². The van der Waals surface area contributed by atoms with Gasteiger partial charge in [0.15, 0.2) is 0 Å². The molecule has 1 aliphatic heterocycles. The van der Waals surface area contributed by atoms with Gasteiger partial charge in [0.05, 0.1) is 16.8 Å². The van der Waals surface area contributed by atoms with Crippen molar-refractivity contribution in [3.63, 3.8) is 0 Å². The first-order valence-electron chi connectivity index (χ1n) is 7.78. The number of para-hydroxylation sites is 1. The average Bonchev–Trinajstić information content (AvgIpc) is 3.09. The lowest BCUT2D eigenvalue weighted by Crippen LogP contribution is -2.28. The Morgan fingerprint density at radius 3 is 2.42 bits per heavy atom. The van der Waals surface area contributed by atoms with Crippen LogP contribution in [0.2, 0.25) is 0 Å². The van der Waals surface area contributed by atoms with E-state index in [1.165, 1.54) is 6.07 Å². The summed E-state index contributed by atoms with van der Waals surface area (Å²) in [7, 11) is 0. The number of likely N-dealkylation sites (tertiary alicyclic amines) is 1. The number of halogens is 3. The van der Waals surface area contributed by atoms with Gasteiger partial charge in [-0.1, -0.05) is 18.2 Å². The smallest absolute Gasteiger partial charge is 0.355 e. The van der Waals surface area contributed by atoms with Crippen LogP contribution < -0.4 is 5.32 Å². The first-order chi connectivity index (χ1) is 11.4. The lowest BCUT2D eigenvalue weighted by Gasteiger charge is -2.18. The predicted octanol–water partition coefficient (Wildman–Crippen LogP) is 4.69. The predicted molar refractivity (Wildman–Crippen MR) is 86.3 cm³/mol. The molecule has 3 rings (SSSR count). The van der Waals surface area contributed by atoms with Gasteiger partial charge in [-0.3, -0.25) is 4.79 Å². The molecule has 0 bridgehead atoms. The molecule has 6 heteroatoms. The molecule has 0 saturated carbocycles. The Labute approximate surface area is 138 Å². The Bertz CT molecular complexity index is 737. The van der Waals surface area contributed by atoms with Gasteiger partial charge >= 0.3 is 6.18 Å². The summed E-state index contributed by atoms with van der Waals surface area (Å²) in [5.41, 5.74) is 0.549. The lowest BCUT2D eigenvalue weighted by molar-refractivity contribution is -0.137. The van der Waals surface area contributed by atoms with Gasteiger partial charge in [-0.05, 0) is 43.2 Å². The number of anilines is 2. The number of hydrogen-bond donors (Lipinski definition) is 1. The van der Waals surface area contributed by atoms with Crippen LogP contribution in [0.25, 0.3) is 0 Å². The molecule has 1 heterocycles. The van der Waals surface area contributed by atoms with Crippen LogP contribution in [0.5, 0.6) is 0 Å². The van der Waals surface area contributed by atoms with E-state index in [0.717, 1.165) is 38.1 Å². The summed E-state index contributed by atoms with van der Waals surface area (Å²) in [6, 6.07) is 11.8. The molecule has 24 heavy (non-hydrogen) atoms. The third-order valence-corrected chi connectivity index (χ3v) is 4.02. The Kier molecular flexibility index (Phi) is 4.46. The Morgan fingerprint density at radius 2 is 1.71 bits per heavy atom. The highest BCUT2D eigenvalue weighted by Crippen LogP contribution is 2.32. The second-order valence-corrected chi connectivity index (χ2v) is 5.75. The van der Waals surface area contributed by atoms with Crippen molar-refractivity contribution >= 4 is 17.3 Å². The van der Waals surface area contributed by atoms with Gasteiger partial charge in [0, 0.05) is 18.8 Å². The number of nitrogens with zero attached hydrogens (tertiary/aromatic N) is 1. The van der Waals surface area contributed by atoms with Gasteiger partial charge in [0.1, 0.15) is 0 Å². The molecule has 1 amide bonds. The van der Waals surface area contributed by atoms with E-state index < -0.39 is 11.7 Å². The van der Waals surface area contributed by atoms with E-state index in [-0.39, 0.29) is 5.91 Å². The normalized spacial score (nSPS) is 14.7. The maximum absolute atomic E-state index is 12.8. The summed E-state index contributed by atoms with van der Waals surface area (Å²) in [5, 5.41) is 2.94. The van der Waals surface area contributed by atoms with E-state index in [1.54, 1.807) is 35.2 Å². The van der Waals surface area contributed by atoms with E-state index in [2.05, 4.69) is 5.32 Å². The van der Waals surface area contributed by atoms with Crippen molar-refractivity contribution in [2.24, 2.45) is 0 Å². The monoisotopic (exact) mass is 334 g/mol. The lowest BCUT2D eigenvalue weighted by atomic mass is 10.1. The van der Waals surface area contributed by atoms with Gasteiger partial charge in [-0.2, -0.15) is 13.2 Å². The van der Waals surface area contributed by atoms with Crippen LogP contribution in [0.4, 0.5) is 24.5 Å². The van der Waals surface area contributed by atoms with E-state index in [1.807, 2.05) is 0 Å². The number of nitrogens with one attached hydrogen (secondary N) is 1. The number of rotatable bonds is 3. The first kappa shape index (κ1) is 16.4. The number of carbonyl (C=O) groups excluding carboxylic acids is 1. The molecule has 1 saturated heterocycles. The molecule has 2 aromatic carbocycles. The first-order valence-corrected chi connectivity index (χ1v) is 7.78. The molecular formula is C18H17F3N2O. The van der Waals surface area contributed by atoms with Gasteiger partial charge in [-0.25, -0.2) is 0 Å². The fourth-order valence-corrected chi connectivity index (χ4v) is 2.80. The Hall–Kier alpha value is -2.50. The minimum Gasteiger partial charge on any atom is -0.355 e. The van der Waals surface area contributed by atoms with Crippen molar-refractivity contribution in [2.45, 2.75) is 19.0 Å². The average molecular weight is 334 g/mol. The topological polar surface area (TPSA) is 32.3 Å². The zero-order valence-electron chi connectivity index (χ0n) is 12.9. The van der Waals surface area contributed by atoms with Gasteiger partial charge in [0.25, 0.3) is 5.91 Å². The standard InChI is InChI=1S/C18H17F3N2O/c19-18(20,21)13-6-5-7-14(12-13)22-16-9-2-1-8-15(16)17(24)23-10-3-4-11-23/h1-2,5-9,12,22H,3-4,10-11H2. The van der Waals surface area contributed by atoms with Gasteiger partial charge in [0.2, 0.25) is 0 Å². The van der Waals surface area contributed by atoms with Crippen molar-refractivity contribution in [3.8, 4) is 0 Å². The number of alkyl halides is 3. The molecule has 0 aliphatic carbocycles. The number of amides is 1. The van der Waals surface area contributed by atoms with Gasteiger partial charge < -0.3 is 10.2 Å². The summed E-state index contributed by atoms with van der Waals surface area (Å²) in [5.74, 6) is -0.0948. The Morgan fingerprint density at radius 1 is 1.00 bits per heavy atom. The largest absolute Gasteiger partial charge is 0.416 e. The molecule has 0 atom stereocenters. The van der Waals surface area contributed by atoms with Crippen LogP contribution in [-0.2, 0) is 6.18 Å². The third kappa shape index (κ3) is 3.53. The van der Waals surface area contributed by atoms with Crippen molar-refractivity contribution in [3.05, 3.63) is 59.7 Å². The minimum atomic E-state index is -4.40. The van der Waals surface area contributed by atoms with Crippen LogP contribution in [-0.4, -0.2) is 23.9 Å². The summed E-state index contributed by atoms with van der Waals surface area (Å²) >= 11 is 0. The highest BCUT2D eigenvalue weighted by atomic mass is 19.4. The highest BCUT2D eigenvalue weighted by molar-refractivity contribution is 6.00. The molecule has 1 aliphatic rings. The SMILES string of the molecule is O=C(c1ccccc1Nc1cccc(C(F)(F)F)c1)N1CCCC1. The van der Waals surface area contributed by atoms with E-state index >= 15 is 0 Å². The number of benzene rings is 2. The van der Waals surface area contributed by atoms with E-state index in [0.29, 0.717) is 16.9 Å². The van der Waals surface area contributed by atoms with Crippen LogP contribution in [0, 0.1) is 0 Å². The molecule has 2 aromatic rings. The molecule has 0 unspecified atom stereocenters. The molecule has 126 valence electrons. The quantitative estimate of drug-likeness (QED) is 0.883. The minimum absolute atomic E-state index is 0.0948. The molecule has 0 radical (unpaired) electrons. The molecule has 3 nitrogen and oxygen atoms in total. The second-order valence-electron chi connectivity index (χ2n) is 5.75. The maximum Gasteiger partial charge on any atom is 0.416 e. The van der Waals surface area contributed by atoms with Crippen LogP contribution in [0.3, 0.4) is 0 Å². The molecule has 0 spiro atoms. The fourth-order valence-electron chi connectivity index (χ4n) is 2.80. The molecular weight excluding hydrogens is 317 g/mol. The third-order valence-electron chi connectivity index (χ3n) is 4.02. The van der Waals surface area contributed by atoms with Crippen molar-refractivity contribution < 1.29 is 18.0 Å². The summed E-state index contributed by atoms with van der Waals surface area (Å²) in [6.07, 6.45) is -2.44. The summed E-state index contributed by atoms with van der Waals surface area (Å²) in [6.45, 7) is 1.44. The van der Waals surface area contributed by atoms with Crippen LogP contribution in [0.1, 0.15) is 28.8 Å². The molecule has 1 fully saturated rings. The molecule has 1 N–H and O–H groups in total. The zero-order valence-corrected chi connectivity index (χ0v) is 12.9. The van der Waals surface area contributed by atoms with Gasteiger partial charge in [-0.15, -0.1) is 0 Å². The zero-order chi connectivity index (χ0) is 17.2.